The van der Waals surface area contributed by atoms with E-state index in [9.17, 15) is 19.2 Å². The van der Waals surface area contributed by atoms with E-state index >= 15 is 0 Å². The van der Waals surface area contributed by atoms with Crippen molar-refractivity contribution in [3.63, 3.8) is 0 Å². The maximum Gasteiger partial charge on any atom is 0.246 e. The molecule has 1 heterocycles. The molecule has 8 heteroatoms. The zero-order valence-electron chi connectivity index (χ0n) is 25.5. The molecule has 0 unspecified atom stereocenters. The monoisotopic (exact) mass is 582 g/mol. The minimum atomic E-state index is -0.822. The third-order valence-electron chi connectivity index (χ3n) is 8.01. The van der Waals surface area contributed by atoms with Crippen molar-refractivity contribution in [1.29, 1.82) is 0 Å². The fraction of sp³-hybridized carbons (Fsp3) is 0.371. The van der Waals surface area contributed by atoms with E-state index in [4.69, 9.17) is 5.73 Å². The molecule has 4 amide bonds. The lowest BCUT2D eigenvalue weighted by Crippen LogP contribution is -2.55. The lowest BCUT2D eigenvalue weighted by molar-refractivity contribution is -0.145. The standard InChI is InChI=1S/C35H42N4O4/c1-35(2,36)20-10-15-31(40)38(4)30(23-26-16-17-27-13-8-9-14-28(27)21-26)34(43)37(3)29(22-25-11-6-5-7-12-25)24-39-32(41)18-19-33(39)42/h5-17,21,29-30H,18-20,22-24,36H2,1-4H3/b15-10+/t29-,30-/m1/s1. The number of likely N-dealkylation sites (N-methyl/N-ethyl adjacent to an activating group) is 2. The molecule has 4 rings (SSSR count). The summed E-state index contributed by atoms with van der Waals surface area (Å²) in [6.07, 6.45) is 4.83. The first-order chi connectivity index (χ1) is 20.4. The van der Waals surface area contributed by atoms with Crippen LogP contribution in [0.25, 0.3) is 10.8 Å². The Labute approximate surface area is 254 Å². The first kappa shape index (κ1) is 31.6. The zero-order valence-corrected chi connectivity index (χ0v) is 25.5. The molecule has 1 aliphatic rings. The topological polar surface area (TPSA) is 104 Å². The molecule has 0 aromatic heterocycles. The van der Waals surface area contributed by atoms with Crippen molar-refractivity contribution < 1.29 is 19.2 Å². The summed E-state index contributed by atoms with van der Waals surface area (Å²) in [6, 6.07) is 22.4. The molecular formula is C35H42N4O4. The molecule has 0 saturated carbocycles. The Morgan fingerprint density at radius 2 is 1.49 bits per heavy atom. The number of benzene rings is 3. The van der Waals surface area contributed by atoms with E-state index in [1.165, 1.54) is 15.9 Å². The van der Waals surface area contributed by atoms with E-state index < -0.39 is 17.6 Å². The second kappa shape index (κ2) is 13.8. The molecule has 0 radical (unpaired) electrons. The summed E-state index contributed by atoms with van der Waals surface area (Å²) in [5.41, 5.74) is 7.52. The molecule has 8 nitrogen and oxygen atoms in total. The average Bonchev–Trinajstić information content (AvgIpc) is 3.30. The van der Waals surface area contributed by atoms with Gasteiger partial charge in [-0.3, -0.25) is 24.1 Å². The van der Waals surface area contributed by atoms with E-state index in [1.54, 1.807) is 25.1 Å². The molecule has 0 spiro atoms. The van der Waals surface area contributed by atoms with Crippen molar-refractivity contribution >= 4 is 34.4 Å². The van der Waals surface area contributed by atoms with Gasteiger partial charge in [-0.05, 0) is 54.7 Å². The number of hydrogen-bond acceptors (Lipinski definition) is 5. The van der Waals surface area contributed by atoms with Gasteiger partial charge >= 0.3 is 0 Å². The largest absolute Gasteiger partial charge is 0.339 e. The van der Waals surface area contributed by atoms with Gasteiger partial charge in [0.25, 0.3) is 0 Å². The Hall–Kier alpha value is -4.30. The third kappa shape index (κ3) is 8.38. The maximum absolute atomic E-state index is 14.4. The second-order valence-electron chi connectivity index (χ2n) is 12.1. The highest BCUT2D eigenvalue weighted by atomic mass is 16.2. The van der Waals surface area contributed by atoms with Gasteiger partial charge in [0.15, 0.2) is 0 Å². The normalized spacial score (nSPS) is 15.2. The first-order valence-corrected chi connectivity index (χ1v) is 14.8. The maximum atomic E-state index is 14.4. The van der Waals surface area contributed by atoms with Gasteiger partial charge in [0.2, 0.25) is 23.6 Å². The number of amides is 4. The smallest absolute Gasteiger partial charge is 0.246 e. The van der Waals surface area contributed by atoms with Gasteiger partial charge in [-0.25, -0.2) is 0 Å². The lowest BCUT2D eigenvalue weighted by Gasteiger charge is -2.36. The van der Waals surface area contributed by atoms with E-state index in [0.29, 0.717) is 19.3 Å². The fourth-order valence-corrected chi connectivity index (χ4v) is 5.38. The van der Waals surface area contributed by atoms with Crippen LogP contribution in [0.3, 0.4) is 0 Å². The van der Waals surface area contributed by atoms with Gasteiger partial charge < -0.3 is 15.5 Å². The summed E-state index contributed by atoms with van der Waals surface area (Å²) >= 11 is 0. The molecule has 1 fully saturated rings. The second-order valence-corrected chi connectivity index (χ2v) is 12.1. The van der Waals surface area contributed by atoms with Gasteiger partial charge in [-0.2, -0.15) is 0 Å². The zero-order chi connectivity index (χ0) is 31.1. The molecule has 1 aliphatic heterocycles. The molecule has 43 heavy (non-hydrogen) atoms. The van der Waals surface area contributed by atoms with Crippen LogP contribution in [0.2, 0.25) is 0 Å². The van der Waals surface area contributed by atoms with E-state index in [1.807, 2.05) is 86.6 Å². The number of nitrogens with two attached hydrogens (primary N) is 1. The van der Waals surface area contributed by atoms with Crippen LogP contribution in [0.5, 0.6) is 0 Å². The number of rotatable bonds is 12. The van der Waals surface area contributed by atoms with E-state index in [-0.39, 0.29) is 43.0 Å². The van der Waals surface area contributed by atoms with Crippen molar-refractivity contribution in [2.24, 2.45) is 5.73 Å². The van der Waals surface area contributed by atoms with E-state index in [0.717, 1.165) is 21.9 Å². The highest BCUT2D eigenvalue weighted by Gasteiger charge is 2.36. The summed E-state index contributed by atoms with van der Waals surface area (Å²) < 4.78 is 0. The van der Waals surface area contributed by atoms with Gasteiger partial charge in [-0.15, -0.1) is 0 Å². The van der Waals surface area contributed by atoms with Crippen molar-refractivity contribution in [2.45, 2.75) is 63.6 Å². The average molecular weight is 583 g/mol. The van der Waals surface area contributed by atoms with Crippen LogP contribution in [-0.4, -0.2) is 76.6 Å². The van der Waals surface area contributed by atoms with Crippen LogP contribution in [0.1, 0.15) is 44.2 Å². The van der Waals surface area contributed by atoms with Gasteiger partial charge in [0.1, 0.15) is 6.04 Å². The van der Waals surface area contributed by atoms with Crippen LogP contribution in [0.15, 0.2) is 84.9 Å². The summed E-state index contributed by atoms with van der Waals surface area (Å²) in [5, 5.41) is 2.14. The van der Waals surface area contributed by atoms with Crippen molar-refractivity contribution in [3.8, 4) is 0 Å². The number of carbonyl (C=O) groups is 4. The number of imide groups is 1. The van der Waals surface area contributed by atoms with Crippen LogP contribution in [-0.2, 0) is 32.0 Å². The molecule has 2 atom stereocenters. The lowest BCUT2D eigenvalue weighted by atomic mass is 9.98. The Balaban J connectivity index is 1.65. The highest BCUT2D eigenvalue weighted by Crippen LogP contribution is 2.21. The number of fused-ring (bicyclic) bond motifs is 1. The Kier molecular flexibility index (Phi) is 10.1. The summed E-state index contributed by atoms with van der Waals surface area (Å²) in [5.74, 6) is -1.02. The third-order valence-corrected chi connectivity index (χ3v) is 8.01. The fourth-order valence-electron chi connectivity index (χ4n) is 5.38. The minimum Gasteiger partial charge on any atom is -0.339 e. The Morgan fingerprint density at radius 1 is 0.860 bits per heavy atom. The molecule has 226 valence electrons. The van der Waals surface area contributed by atoms with Crippen molar-refractivity contribution in [2.75, 3.05) is 20.6 Å². The first-order valence-electron chi connectivity index (χ1n) is 14.8. The molecule has 2 N–H and O–H groups in total. The van der Waals surface area contributed by atoms with E-state index in [2.05, 4.69) is 0 Å². The number of likely N-dealkylation sites (tertiary alicyclic amines) is 1. The summed E-state index contributed by atoms with van der Waals surface area (Å²) in [6.45, 7) is 3.87. The molecule has 3 aromatic carbocycles. The van der Waals surface area contributed by atoms with Gasteiger partial charge in [0, 0.05) is 45.4 Å². The van der Waals surface area contributed by atoms with Gasteiger partial charge in [-0.1, -0.05) is 78.9 Å². The highest BCUT2D eigenvalue weighted by molar-refractivity contribution is 6.02. The van der Waals surface area contributed by atoms with Gasteiger partial charge in [0.05, 0.1) is 6.04 Å². The predicted molar refractivity (Wildman–Crippen MR) is 169 cm³/mol. The van der Waals surface area contributed by atoms with Crippen molar-refractivity contribution in [3.05, 3.63) is 96.1 Å². The summed E-state index contributed by atoms with van der Waals surface area (Å²) in [4.78, 5) is 57.2. The van der Waals surface area contributed by atoms with Crippen LogP contribution in [0, 0.1) is 0 Å². The molecular weight excluding hydrogens is 540 g/mol. The molecule has 0 aliphatic carbocycles. The number of nitrogens with zero attached hydrogens (tertiary/aromatic N) is 3. The van der Waals surface area contributed by atoms with Crippen LogP contribution < -0.4 is 5.73 Å². The van der Waals surface area contributed by atoms with Crippen molar-refractivity contribution in [1.82, 2.24) is 14.7 Å². The van der Waals surface area contributed by atoms with Crippen LogP contribution >= 0.6 is 0 Å². The minimum absolute atomic E-state index is 0.0979. The summed E-state index contributed by atoms with van der Waals surface area (Å²) in [7, 11) is 3.33. The molecule has 1 saturated heterocycles. The number of carbonyl (C=O) groups excluding carboxylic acids is 4. The Morgan fingerprint density at radius 3 is 2.14 bits per heavy atom. The SMILES string of the molecule is CN(C(=O)[C@@H](Cc1ccc2ccccc2c1)N(C)C(=O)/C=C/CC(C)(C)N)[C@H](Cc1ccccc1)CN1C(=O)CCC1=O. The molecule has 3 aromatic rings. The quantitative estimate of drug-likeness (QED) is 0.256. The Bertz CT molecular complexity index is 1480. The molecule has 0 bridgehead atoms. The predicted octanol–water partition coefficient (Wildman–Crippen LogP) is 4.11. The van der Waals surface area contributed by atoms with Crippen LogP contribution in [0.4, 0.5) is 0 Å². The number of hydrogen-bond donors (Lipinski definition) is 1.